The third kappa shape index (κ3) is 14.1. The first-order valence-corrected chi connectivity index (χ1v) is 18.6. The lowest BCUT2D eigenvalue weighted by Gasteiger charge is -2.28. The lowest BCUT2D eigenvalue weighted by Crippen LogP contribution is -2.55. The number of carbonyl (C=O) groups is 6. The van der Waals surface area contributed by atoms with Crippen molar-refractivity contribution in [2.75, 3.05) is 6.67 Å². The molecule has 2 aromatic carbocycles. The Morgan fingerprint density at radius 1 is 0.655 bits per heavy atom. The molecule has 3 amide bonds. The van der Waals surface area contributed by atoms with E-state index in [9.17, 15) is 28.8 Å². The lowest BCUT2D eigenvalue weighted by molar-refractivity contribution is -0.146. The van der Waals surface area contributed by atoms with E-state index in [-0.39, 0.29) is 37.0 Å². The van der Waals surface area contributed by atoms with Crippen molar-refractivity contribution in [3.8, 4) is 0 Å². The largest absolute Gasteiger partial charge is 0.363 e. The molecule has 0 fully saturated rings. The van der Waals surface area contributed by atoms with Gasteiger partial charge in [0.25, 0.3) is 5.91 Å². The van der Waals surface area contributed by atoms with Gasteiger partial charge in [0.15, 0.2) is 0 Å². The summed E-state index contributed by atoms with van der Waals surface area (Å²) in [7, 11) is 0. The van der Waals surface area contributed by atoms with Crippen LogP contribution >= 0.6 is 0 Å². The predicted molar refractivity (Wildman–Crippen MR) is 207 cm³/mol. The molecule has 4 unspecified atom stereocenters. The van der Waals surface area contributed by atoms with Crippen LogP contribution in [0, 0.1) is 11.8 Å². The van der Waals surface area contributed by atoms with Gasteiger partial charge in [0, 0.05) is 19.0 Å². The molecule has 1 aliphatic rings. The number of benzene rings is 2. The molecule has 55 heavy (non-hydrogen) atoms. The van der Waals surface area contributed by atoms with Crippen molar-refractivity contribution in [2.24, 2.45) is 11.8 Å². The van der Waals surface area contributed by atoms with E-state index in [0.29, 0.717) is 11.1 Å². The summed E-state index contributed by atoms with van der Waals surface area (Å²) < 4.78 is 0. The monoisotopic (exact) mass is 762 g/mol. The average Bonchev–Trinajstić information content (AvgIpc) is 3.60. The summed E-state index contributed by atoms with van der Waals surface area (Å²) >= 11 is 0. The summed E-state index contributed by atoms with van der Waals surface area (Å²) in [6.45, 7) is 17.9. The van der Waals surface area contributed by atoms with Gasteiger partial charge in [-0.15, -0.1) is 0 Å². The van der Waals surface area contributed by atoms with Crippen molar-refractivity contribution in [3.05, 3.63) is 83.7 Å². The van der Waals surface area contributed by atoms with Gasteiger partial charge in [-0.1, -0.05) is 88.4 Å². The minimum Gasteiger partial charge on any atom is -0.363 e. The van der Waals surface area contributed by atoms with E-state index in [1.54, 1.807) is 48.5 Å². The van der Waals surface area contributed by atoms with Crippen LogP contribution in [-0.4, -0.2) is 82.0 Å². The summed E-state index contributed by atoms with van der Waals surface area (Å²) in [5.41, 5.74) is 5.58. The molecule has 3 rings (SSSR count). The molecular weight excluding hydrogens is 704 g/mol. The number of carbonyl (C=O) groups excluding carboxylic acids is 6. The average molecular weight is 763 g/mol. The highest BCUT2D eigenvalue weighted by atomic mass is 16.7. The van der Waals surface area contributed by atoms with Crippen LogP contribution in [0.4, 0.5) is 0 Å². The highest BCUT2D eigenvalue weighted by Crippen LogP contribution is 2.15. The van der Waals surface area contributed by atoms with E-state index in [4.69, 9.17) is 9.68 Å². The molecule has 2 aromatic rings. The zero-order chi connectivity index (χ0) is 41.1. The fourth-order valence-electron chi connectivity index (χ4n) is 5.37. The molecule has 0 saturated heterocycles. The molecule has 0 radical (unpaired) electrons. The number of hydroxylamine groups is 2. The van der Waals surface area contributed by atoms with Crippen LogP contribution in [-0.2, 0) is 51.3 Å². The van der Waals surface area contributed by atoms with Crippen LogP contribution in [0.1, 0.15) is 80.4 Å². The number of Topliss-reactive ketones (excluding diaryl/α,β-unsaturated/α-hetero) is 3. The van der Waals surface area contributed by atoms with Crippen molar-refractivity contribution in [1.82, 2.24) is 31.8 Å². The van der Waals surface area contributed by atoms with Gasteiger partial charge in [0.2, 0.25) is 29.2 Å². The molecule has 4 atom stereocenters. The maximum Gasteiger partial charge on any atom is 0.297 e. The van der Waals surface area contributed by atoms with Crippen molar-refractivity contribution in [1.29, 1.82) is 0 Å². The molecule has 0 bridgehead atoms. The predicted octanol–water partition coefficient (Wildman–Crippen LogP) is 3.07. The Hall–Kier alpha value is -4.76. The second kappa shape index (κ2) is 19.7. The number of rotatable bonds is 19. The normalized spacial score (nSPS) is 15.4. The van der Waals surface area contributed by atoms with Crippen molar-refractivity contribution >= 4 is 35.1 Å². The molecule has 0 saturated carbocycles. The molecule has 1 heterocycles. The first-order valence-electron chi connectivity index (χ1n) is 18.6. The van der Waals surface area contributed by atoms with Crippen LogP contribution < -0.4 is 26.9 Å². The molecule has 1 aliphatic heterocycles. The third-order valence-electron chi connectivity index (χ3n) is 8.38. The van der Waals surface area contributed by atoms with Gasteiger partial charge in [-0.25, -0.2) is 0 Å². The maximum absolute atomic E-state index is 13.8. The number of hydrogen-bond donors (Lipinski definition) is 5. The fourth-order valence-corrected chi connectivity index (χ4v) is 5.37. The summed E-state index contributed by atoms with van der Waals surface area (Å²) in [5.74, 6) is -5.37. The molecule has 14 heteroatoms. The van der Waals surface area contributed by atoms with E-state index in [2.05, 4.69) is 26.9 Å². The summed E-state index contributed by atoms with van der Waals surface area (Å²) in [4.78, 5) is 94.3. The van der Waals surface area contributed by atoms with Crippen molar-refractivity contribution in [2.45, 2.75) is 117 Å². The summed E-state index contributed by atoms with van der Waals surface area (Å²) in [6.07, 6.45) is 1.14. The summed E-state index contributed by atoms with van der Waals surface area (Å²) in [6, 6.07) is 13.7. The van der Waals surface area contributed by atoms with Gasteiger partial charge >= 0.3 is 0 Å². The molecule has 0 aliphatic carbocycles. The number of ketones is 3. The van der Waals surface area contributed by atoms with Gasteiger partial charge in [0.05, 0.1) is 23.9 Å². The molecule has 14 nitrogen and oxygen atoms in total. The van der Waals surface area contributed by atoms with Gasteiger partial charge in [0.1, 0.15) is 23.8 Å². The Kier molecular flexibility index (Phi) is 16.0. The summed E-state index contributed by atoms with van der Waals surface area (Å²) in [5, 5.41) is 8.22. The van der Waals surface area contributed by atoms with Gasteiger partial charge in [-0.2, -0.15) is 11.0 Å². The highest BCUT2D eigenvalue weighted by molar-refractivity contribution is 6.45. The minimum absolute atomic E-state index is 0.0182. The Bertz CT molecular complexity index is 1680. The minimum atomic E-state index is -1.26. The van der Waals surface area contributed by atoms with E-state index >= 15 is 0 Å². The quantitative estimate of drug-likeness (QED) is 0.105. The number of allylic oxidation sites excluding steroid dienone is 1. The second-order valence-corrected chi connectivity index (χ2v) is 16.3. The number of nitrogens with zero attached hydrogens (tertiary/aromatic N) is 1. The van der Waals surface area contributed by atoms with Crippen LogP contribution in [0.25, 0.3) is 0 Å². The van der Waals surface area contributed by atoms with Crippen LogP contribution in [0.5, 0.6) is 0 Å². The first-order chi connectivity index (χ1) is 25.7. The van der Waals surface area contributed by atoms with Crippen LogP contribution in [0.15, 0.2) is 72.6 Å². The van der Waals surface area contributed by atoms with E-state index in [1.165, 1.54) is 0 Å². The third-order valence-corrected chi connectivity index (χ3v) is 8.38. The van der Waals surface area contributed by atoms with E-state index in [0.717, 1.165) is 11.1 Å². The SMILES string of the molecule is CC(C)C(NOC(C)(C)C)C(=O)NC(Cc1ccccc1)C(=O)C(=O)C1=CN(C(=O)C(=O)C(Cc2ccccc2)NC(=O)C(NOC(C)(C)C)C(C)C)CN1. The molecule has 300 valence electrons. The second-order valence-electron chi connectivity index (χ2n) is 16.3. The lowest BCUT2D eigenvalue weighted by atomic mass is 9.97. The standard InChI is InChI=1S/C41H58N6O8/c1-25(2)32(45-54-40(5,6)7)37(51)43-29(21-27-17-13-11-14-18-27)34(48)35(49)31-23-47(24-42-31)39(53)36(50)30(22-28-19-15-12-16-20-28)44-38(52)33(26(3)4)46-55-41(8,9)10/h11-20,23,25-26,29-30,32-33,42,45-46H,21-22,24H2,1-10H3,(H,43,51)(H,44,52). The zero-order valence-corrected chi connectivity index (χ0v) is 33.6. The Balaban J connectivity index is 1.83. The first kappa shape index (κ1) is 44.6. The van der Waals surface area contributed by atoms with Crippen LogP contribution in [0.2, 0.25) is 0 Å². The Morgan fingerprint density at radius 2 is 1.05 bits per heavy atom. The zero-order valence-electron chi connectivity index (χ0n) is 33.6. The van der Waals surface area contributed by atoms with Gasteiger partial charge < -0.3 is 16.0 Å². The van der Waals surface area contributed by atoms with Gasteiger partial charge in [-0.05, 0) is 64.5 Å². The topological polar surface area (TPSA) is 184 Å². The number of amides is 3. The molecular formula is C41H58N6O8. The van der Waals surface area contributed by atoms with Crippen molar-refractivity contribution in [3.63, 3.8) is 0 Å². The maximum atomic E-state index is 13.8. The van der Waals surface area contributed by atoms with Crippen LogP contribution in [0.3, 0.4) is 0 Å². The van der Waals surface area contributed by atoms with Gasteiger partial charge in [-0.3, -0.25) is 43.3 Å². The number of nitrogens with one attached hydrogen (secondary N) is 5. The number of hydrogen-bond acceptors (Lipinski definition) is 11. The molecule has 5 N–H and O–H groups in total. The smallest absolute Gasteiger partial charge is 0.297 e. The van der Waals surface area contributed by atoms with E-state index in [1.807, 2.05) is 81.4 Å². The van der Waals surface area contributed by atoms with E-state index < -0.39 is 70.4 Å². The highest BCUT2D eigenvalue weighted by Gasteiger charge is 2.38. The van der Waals surface area contributed by atoms with Crippen molar-refractivity contribution < 1.29 is 38.4 Å². The Morgan fingerprint density at radius 3 is 1.44 bits per heavy atom. The Labute approximate surface area is 324 Å². The molecule has 0 aromatic heterocycles. The molecule has 0 spiro atoms. The fraction of sp³-hybridized carbons (Fsp3) is 0.512.